The maximum atomic E-state index is 6.09. The lowest BCUT2D eigenvalue weighted by Gasteiger charge is -2.19. The lowest BCUT2D eigenvalue weighted by Crippen LogP contribution is -2.24. The van der Waals surface area contributed by atoms with Crippen molar-refractivity contribution in [2.24, 2.45) is 11.8 Å². The lowest BCUT2D eigenvalue weighted by atomic mass is 10.1. The molecule has 46 heavy (non-hydrogen) atoms. The summed E-state index contributed by atoms with van der Waals surface area (Å²) >= 11 is 0. The van der Waals surface area contributed by atoms with Crippen molar-refractivity contribution in [3.63, 3.8) is 0 Å². The molecule has 0 spiro atoms. The molecule has 276 valence electrons. The minimum absolute atomic E-state index is 0.239. The molecule has 0 aliphatic rings. The van der Waals surface area contributed by atoms with E-state index < -0.39 is 0 Å². The summed E-state index contributed by atoms with van der Waals surface area (Å²) in [4.78, 5) is 0. The van der Waals surface area contributed by atoms with Crippen molar-refractivity contribution in [3.8, 4) is 0 Å². The molecule has 0 bridgehead atoms. The minimum atomic E-state index is 0.239. The Kier molecular flexibility index (Phi) is 38.5. The molecule has 0 rings (SSSR count). The van der Waals surface area contributed by atoms with E-state index in [-0.39, 0.29) is 11.8 Å². The second kappa shape index (κ2) is 38.9. The summed E-state index contributed by atoms with van der Waals surface area (Å²) in [5, 5.41) is 0. The molecule has 6 heteroatoms. The van der Waals surface area contributed by atoms with Crippen molar-refractivity contribution in [1.82, 2.24) is 0 Å². The van der Waals surface area contributed by atoms with Crippen molar-refractivity contribution in [2.45, 2.75) is 156 Å². The fourth-order valence-electron chi connectivity index (χ4n) is 5.30. The normalized spacial score (nSPS) is 11.8. The number of hydrogen-bond acceptors (Lipinski definition) is 6. The van der Waals surface area contributed by atoms with Gasteiger partial charge >= 0.3 is 0 Å². The van der Waals surface area contributed by atoms with Gasteiger partial charge in [-0.25, -0.2) is 0 Å². The van der Waals surface area contributed by atoms with Crippen LogP contribution in [0.25, 0.3) is 0 Å². The van der Waals surface area contributed by atoms with Crippen molar-refractivity contribution in [2.75, 3.05) is 79.3 Å². The van der Waals surface area contributed by atoms with Gasteiger partial charge < -0.3 is 28.4 Å². The molecule has 0 N–H and O–H groups in total. The summed E-state index contributed by atoms with van der Waals surface area (Å²) in [6.45, 7) is 21.5. The average molecular weight is 657 g/mol. The molecule has 0 aromatic heterocycles. The van der Waals surface area contributed by atoms with E-state index in [1.807, 2.05) is 0 Å². The van der Waals surface area contributed by atoms with Gasteiger partial charge in [-0.15, -0.1) is 0 Å². The van der Waals surface area contributed by atoms with E-state index >= 15 is 0 Å². The van der Waals surface area contributed by atoms with Crippen LogP contribution in [-0.2, 0) is 28.4 Å². The van der Waals surface area contributed by atoms with Crippen molar-refractivity contribution >= 4 is 0 Å². The summed E-state index contributed by atoms with van der Waals surface area (Å²) in [5.41, 5.74) is 0.958. The van der Waals surface area contributed by atoms with E-state index in [1.54, 1.807) is 0 Å². The Labute approximate surface area is 287 Å². The number of rotatable bonds is 40. The van der Waals surface area contributed by atoms with Crippen LogP contribution in [0.5, 0.6) is 0 Å². The Hall–Kier alpha value is -0.500. The Morgan fingerprint density at radius 1 is 0.348 bits per heavy atom. The summed E-state index contributed by atoms with van der Waals surface area (Å²) in [5.74, 6) is 0.477. The molecule has 0 atom stereocenters. The highest BCUT2D eigenvalue weighted by atomic mass is 16.5. The predicted molar refractivity (Wildman–Crippen MR) is 196 cm³/mol. The molecular weight excluding hydrogens is 576 g/mol. The molecule has 0 saturated carbocycles. The largest absolute Gasteiger partial charge is 0.381 e. The first-order valence-corrected chi connectivity index (χ1v) is 19.8. The molecule has 0 aliphatic carbocycles. The molecule has 0 heterocycles. The SMILES string of the molecule is C=C(COCC(COCCCCCCC)COCCCCCCC)COCC(COCCCCCCC)COCCCCCCC. The van der Waals surface area contributed by atoms with Gasteiger partial charge in [0.05, 0.1) is 52.9 Å². The Morgan fingerprint density at radius 2 is 0.587 bits per heavy atom. The molecule has 0 aromatic rings. The number of hydrogen-bond donors (Lipinski definition) is 0. The van der Waals surface area contributed by atoms with Crippen LogP contribution in [-0.4, -0.2) is 79.3 Å². The molecule has 0 saturated heterocycles. The zero-order valence-corrected chi connectivity index (χ0v) is 31.4. The zero-order valence-electron chi connectivity index (χ0n) is 31.4. The monoisotopic (exact) mass is 657 g/mol. The molecular formula is C40H80O6. The predicted octanol–water partition coefficient (Wildman–Crippen LogP) is 10.8. The highest BCUT2D eigenvalue weighted by molar-refractivity contribution is 4.94. The van der Waals surface area contributed by atoms with E-state index in [0.717, 1.165) is 57.7 Å². The fraction of sp³-hybridized carbons (Fsp3) is 0.950. The fourth-order valence-corrected chi connectivity index (χ4v) is 5.30. The van der Waals surface area contributed by atoms with Crippen LogP contribution in [0.2, 0.25) is 0 Å². The van der Waals surface area contributed by atoms with E-state index in [0.29, 0.717) is 52.9 Å². The Balaban J connectivity index is 4.42. The van der Waals surface area contributed by atoms with Crippen LogP contribution >= 0.6 is 0 Å². The van der Waals surface area contributed by atoms with E-state index in [2.05, 4.69) is 34.3 Å². The van der Waals surface area contributed by atoms with Gasteiger partial charge in [-0.05, 0) is 31.3 Å². The van der Waals surface area contributed by atoms with Gasteiger partial charge in [0.2, 0.25) is 0 Å². The molecule has 0 aliphatic heterocycles. The standard InChI is InChI=1S/C40H80O6/c1-6-10-14-18-22-26-41-32-39(33-42-27-23-19-15-11-7-2)36-45-30-38(5)31-46-37-40(34-43-28-24-20-16-12-8-3)35-44-29-25-21-17-13-9-4/h39-40H,5-37H2,1-4H3. The third-order valence-electron chi connectivity index (χ3n) is 8.30. The van der Waals surface area contributed by atoms with Gasteiger partial charge in [0.15, 0.2) is 0 Å². The smallest absolute Gasteiger partial charge is 0.0696 e. The van der Waals surface area contributed by atoms with Crippen molar-refractivity contribution in [3.05, 3.63) is 12.2 Å². The maximum absolute atomic E-state index is 6.09. The van der Waals surface area contributed by atoms with Crippen molar-refractivity contribution < 1.29 is 28.4 Å². The summed E-state index contributed by atoms with van der Waals surface area (Å²) < 4.78 is 36.3. The van der Waals surface area contributed by atoms with Crippen molar-refractivity contribution in [1.29, 1.82) is 0 Å². The molecule has 0 radical (unpaired) electrons. The van der Waals surface area contributed by atoms with Gasteiger partial charge in [-0.2, -0.15) is 0 Å². The van der Waals surface area contributed by atoms with E-state index in [1.165, 1.54) is 103 Å². The number of unbranched alkanes of at least 4 members (excludes halogenated alkanes) is 16. The first-order chi connectivity index (χ1) is 22.7. The van der Waals surface area contributed by atoms with Crippen LogP contribution in [0.3, 0.4) is 0 Å². The molecule has 0 fully saturated rings. The van der Waals surface area contributed by atoms with E-state index in [4.69, 9.17) is 28.4 Å². The van der Waals surface area contributed by atoms with Crippen LogP contribution in [0.4, 0.5) is 0 Å². The highest BCUT2D eigenvalue weighted by Gasteiger charge is 2.13. The van der Waals surface area contributed by atoms with E-state index in [9.17, 15) is 0 Å². The van der Waals surface area contributed by atoms with Crippen LogP contribution in [0, 0.1) is 11.8 Å². The molecule has 0 aromatic carbocycles. The van der Waals surface area contributed by atoms with Crippen LogP contribution in [0.1, 0.15) is 156 Å². The maximum Gasteiger partial charge on any atom is 0.0696 e. The zero-order chi connectivity index (χ0) is 33.6. The van der Waals surface area contributed by atoms with Gasteiger partial charge in [0.25, 0.3) is 0 Å². The third kappa shape index (κ3) is 34.8. The van der Waals surface area contributed by atoms with Gasteiger partial charge in [-0.1, -0.05) is 137 Å². The second-order valence-corrected chi connectivity index (χ2v) is 13.5. The van der Waals surface area contributed by atoms with Gasteiger partial charge in [0.1, 0.15) is 0 Å². The minimum Gasteiger partial charge on any atom is -0.381 e. The Bertz CT molecular complexity index is 502. The lowest BCUT2D eigenvalue weighted by molar-refractivity contribution is -0.0111. The van der Waals surface area contributed by atoms with Crippen LogP contribution in [0.15, 0.2) is 12.2 Å². The van der Waals surface area contributed by atoms with Gasteiger partial charge in [-0.3, -0.25) is 0 Å². The first kappa shape index (κ1) is 45.5. The van der Waals surface area contributed by atoms with Crippen LogP contribution < -0.4 is 0 Å². The average Bonchev–Trinajstić information content (AvgIpc) is 3.06. The topological polar surface area (TPSA) is 55.4 Å². The Morgan fingerprint density at radius 3 is 0.848 bits per heavy atom. The third-order valence-corrected chi connectivity index (χ3v) is 8.30. The summed E-state index contributed by atoms with van der Waals surface area (Å²) in [6, 6.07) is 0. The summed E-state index contributed by atoms with van der Waals surface area (Å²) in [6.07, 6.45) is 25.1. The quantitative estimate of drug-likeness (QED) is 0.0483. The second-order valence-electron chi connectivity index (χ2n) is 13.5. The molecule has 0 unspecified atom stereocenters. The first-order valence-electron chi connectivity index (χ1n) is 19.8. The number of ether oxygens (including phenoxy) is 6. The molecule has 0 amide bonds. The van der Waals surface area contributed by atoms with Gasteiger partial charge in [0, 0.05) is 38.3 Å². The molecule has 6 nitrogen and oxygen atoms in total. The highest BCUT2D eigenvalue weighted by Crippen LogP contribution is 2.10. The summed E-state index contributed by atoms with van der Waals surface area (Å²) in [7, 11) is 0.